The average Bonchev–Trinajstić information content (AvgIpc) is 3.81. The van der Waals surface area contributed by atoms with Crippen LogP contribution in [0, 0.1) is 39.7 Å². The zero-order valence-corrected chi connectivity index (χ0v) is 27.8. The van der Waals surface area contributed by atoms with Crippen molar-refractivity contribution in [3.05, 3.63) is 107 Å². The molecular weight excluding hydrogens is 699 g/mol. The van der Waals surface area contributed by atoms with Crippen LogP contribution in [-0.4, -0.2) is 39.5 Å². The number of thioether (sulfide) groups is 1. The number of rotatable bonds is 7. The van der Waals surface area contributed by atoms with Crippen LogP contribution in [0.5, 0.6) is 5.75 Å². The quantitative estimate of drug-likeness (QED) is 0.127. The first-order valence-electron chi connectivity index (χ1n) is 15.1. The van der Waals surface area contributed by atoms with E-state index >= 15 is 0 Å². The molecule has 0 radical (unpaired) electrons. The molecule has 244 valence electrons. The van der Waals surface area contributed by atoms with Crippen molar-refractivity contribution >= 4 is 81.1 Å². The zero-order chi connectivity index (χ0) is 33.4. The molecular formula is C33H24Cl2N4O7S2. The second kappa shape index (κ2) is 11.8. The molecule has 4 aliphatic rings. The van der Waals surface area contributed by atoms with Crippen LogP contribution in [0.15, 0.2) is 76.6 Å². The Morgan fingerprint density at radius 2 is 1.73 bits per heavy atom. The van der Waals surface area contributed by atoms with Crippen molar-refractivity contribution in [2.75, 3.05) is 16.8 Å². The number of thiazole rings is 1. The summed E-state index contributed by atoms with van der Waals surface area (Å²) in [5.74, 6) is -2.27. The molecule has 2 saturated carbocycles. The molecule has 3 aromatic carbocycles. The number of nitrogens with zero attached hydrogens (tertiary/aromatic N) is 2. The summed E-state index contributed by atoms with van der Waals surface area (Å²) >= 11 is 14.8. The second-order valence-corrected chi connectivity index (χ2v) is 15.3. The summed E-state index contributed by atoms with van der Waals surface area (Å²) in [5.41, 5.74) is 1.45. The molecule has 2 N–H and O–H groups in total. The highest BCUT2D eigenvalue weighted by atomic mass is 35.5. The molecule has 1 aromatic heterocycles. The molecule has 2 aliphatic heterocycles. The van der Waals surface area contributed by atoms with E-state index in [4.69, 9.17) is 27.9 Å². The van der Waals surface area contributed by atoms with Crippen molar-refractivity contribution in [1.82, 2.24) is 4.98 Å². The maximum absolute atomic E-state index is 14.0. The van der Waals surface area contributed by atoms with Gasteiger partial charge < -0.3 is 15.0 Å². The highest BCUT2D eigenvalue weighted by Crippen LogP contribution is 2.69. The van der Waals surface area contributed by atoms with Crippen LogP contribution in [-0.2, 0) is 14.4 Å². The Kier molecular flexibility index (Phi) is 7.62. The molecule has 15 heteroatoms. The topological polar surface area (TPSA) is 152 Å². The molecule has 2 aliphatic carbocycles. The summed E-state index contributed by atoms with van der Waals surface area (Å²) < 4.78 is 6.12. The zero-order valence-electron chi connectivity index (χ0n) is 24.6. The lowest BCUT2D eigenvalue weighted by Crippen LogP contribution is -2.42. The largest absolute Gasteiger partial charge is 0.483 e. The molecule has 0 unspecified atom stereocenters. The molecule has 3 amide bonds. The third-order valence-electron chi connectivity index (χ3n) is 9.86. The molecule has 48 heavy (non-hydrogen) atoms. The van der Waals surface area contributed by atoms with Crippen LogP contribution in [0.25, 0.3) is 0 Å². The molecule has 8 rings (SSSR count). The van der Waals surface area contributed by atoms with Crippen LogP contribution in [0.2, 0.25) is 10.0 Å². The number of aromatic nitrogens is 1. The summed E-state index contributed by atoms with van der Waals surface area (Å²) in [4.78, 5) is 69.0. The van der Waals surface area contributed by atoms with Gasteiger partial charge in [-0.05, 0) is 60.6 Å². The standard InChI is InChI=1S/C33H24Cl2N4O7S2/c34-20-10-5-14(11-21(20)35)36-23(40)13-46-22-4-2-1-3-17(22)24-25-18-12-19(28(25)47-30-29(24)48-33(43)37-30)27-26(18)31(41)38(32(27)42)15-6-8-16(9-7-15)39(44)45/h1-11,18-19,24-28H,12-13H2,(H,36,40)(H,37,43)/t18-,19-,24+,25-,26+,27+,28-/m1/s1. The van der Waals surface area contributed by atoms with Crippen molar-refractivity contribution in [3.63, 3.8) is 0 Å². The van der Waals surface area contributed by atoms with Gasteiger partial charge in [-0.1, -0.05) is 52.7 Å². The summed E-state index contributed by atoms with van der Waals surface area (Å²) in [5, 5.41) is 15.3. The smallest absolute Gasteiger partial charge is 0.305 e. The number of ether oxygens (including phenoxy) is 1. The number of benzene rings is 3. The van der Waals surface area contributed by atoms with Gasteiger partial charge in [0.05, 0.1) is 37.5 Å². The van der Waals surface area contributed by atoms with Gasteiger partial charge in [0.15, 0.2) is 6.61 Å². The number of aromatic amines is 1. The number of carbonyl (C=O) groups excluding carboxylic acids is 3. The number of hydrogen-bond acceptors (Lipinski definition) is 9. The number of H-pyrrole nitrogens is 1. The van der Waals surface area contributed by atoms with E-state index in [1.54, 1.807) is 36.0 Å². The van der Waals surface area contributed by atoms with E-state index in [1.807, 2.05) is 18.2 Å². The van der Waals surface area contributed by atoms with E-state index in [2.05, 4.69) is 10.3 Å². The molecule has 11 nitrogen and oxygen atoms in total. The van der Waals surface area contributed by atoms with Gasteiger partial charge in [-0.15, -0.1) is 11.8 Å². The number of fused-ring (bicyclic) bond motifs is 9. The van der Waals surface area contributed by atoms with E-state index in [9.17, 15) is 29.3 Å². The molecule has 1 saturated heterocycles. The number of nitro benzene ring substituents is 1. The van der Waals surface area contributed by atoms with E-state index in [1.165, 1.54) is 29.2 Å². The first-order valence-corrected chi connectivity index (χ1v) is 17.5. The number of non-ortho nitro benzene ring substituents is 1. The van der Waals surface area contributed by atoms with Crippen LogP contribution in [0.4, 0.5) is 17.1 Å². The highest BCUT2D eigenvalue weighted by Gasteiger charge is 2.69. The number of nitrogens with one attached hydrogen (secondary N) is 2. The molecule has 4 aromatic rings. The van der Waals surface area contributed by atoms with E-state index < -0.39 is 22.7 Å². The Bertz CT molecular complexity index is 2090. The van der Waals surface area contributed by atoms with Gasteiger partial charge in [-0.3, -0.25) is 34.2 Å². The molecule has 3 heterocycles. The molecule has 3 fully saturated rings. The van der Waals surface area contributed by atoms with Gasteiger partial charge in [0.2, 0.25) is 11.8 Å². The van der Waals surface area contributed by atoms with Crippen molar-refractivity contribution < 1.29 is 24.0 Å². The SMILES string of the molecule is O=C(COc1ccccc1[C@@H]1c2sc(=O)[nH]c2S[C@@H]2[C@@H]3C[C@@H]([C@@H]4C(=O)N(c5ccc([N+](=O)[O-])cc5)C(=O)[C@@H]34)[C@H]12)Nc1ccc(Cl)c(Cl)c1. The first-order chi connectivity index (χ1) is 23.1. The van der Waals surface area contributed by atoms with E-state index in [0.29, 0.717) is 33.6 Å². The van der Waals surface area contributed by atoms with Crippen molar-refractivity contribution in [2.45, 2.75) is 22.6 Å². The lowest BCUT2D eigenvalue weighted by molar-refractivity contribution is -0.384. The lowest BCUT2D eigenvalue weighted by atomic mass is 9.68. The predicted molar refractivity (Wildman–Crippen MR) is 181 cm³/mol. The monoisotopic (exact) mass is 722 g/mol. The number of para-hydroxylation sites is 1. The number of carbonyl (C=O) groups is 3. The van der Waals surface area contributed by atoms with E-state index in [0.717, 1.165) is 26.8 Å². The number of nitro groups is 1. The average molecular weight is 724 g/mol. The predicted octanol–water partition coefficient (Wildman–Crippen LogP) is 6.35. The minimum absolute atomic E-state index is 0.0569. The Morgan fingerprint density at radius 1 is 1.00 bits per heavy atom. The van der Waals surface area contributed by atoms with Gasteiger partial charge in [-0.2, -0.15) is 0 Å². The van der Waals surface area contributed by atoms with Gasteiger partial charge in [0.25, 0.3) is 11.6 Å². The maximum Gasteiger partial charge on any atom is 0.305 e. The Hall–Kier alpha value is -4.17. The van der Waals surface area contributed by atoms with Gasteiger partial charge >= 0.3 is 4.87 Å². The van der Waals surface area contributed by atoms with E-state index in [-0.39, 0.29) is 57.9 Å². The minimum Gasteiger partial charge on any atom is -0.483 e. The fourth-order valence-corrected chi connectivity index (χ4v) is 11.3. The number of amides is 3. The summed E-state index contributed by atoms with van der Waals surface area (Å²) in [7, 11) is 0. The summed E-state index contributed by atoms with van der Waals surface area (Å²) in [6.45, 7) is -0.295. The van der Waals surface area contributed by atoms with Crippen LogP contribution < -0.4 is 19.8 Å². The van der Waals surface area contributed by atoms with Crippen LogP contribution >= 0.6 is 46.3 Å². The van der Waals surface area contributed by atoms with Crippen molar-refractivity contribution in [1.29, 1.82) is 0 Å². The van der Waals surface area contributed by atoms with Gasteiger partial charge in [-0.25, -0.2) is 0 Å². The fraction of sp³-hybridized carbons (Fsp3) is 0.273. The Labute approximate surface area is 290 Å². The number of halogens is 2. The Morgan fingerprint density at radius 3 is 2.46 bits per heavy atom. The number of imide groups is 1. The van der Waals surface area contributed by atoms with Crippen LogP contribution in [0.3, 0.4) is 0 Å². The van der Waals surface area contributed by atoms with Crippen LogP contribution in [0.1, 0.15) is 22.8 Å². The van der Waals surface area contributed by atoms with Crippen molar-refractivity contribution in [2.24, 2.45) is 29.6 Å². The minimum atomic E-state index is -0.552. The third kappa shape index (κ3) is 4.94. The Balaban J connectivity index is 1.10. The highest BCUT2D eigenvalue weighted by molar-refractivity contribution is 8.00. The fourth-order valence-electron chi connectivity index (χ4n) is 8.13. The summed E-state index contributed by atoms with van der Waals surface area (Å²) in [6, 6.07) is 17.6. The third-order valence-corrected chi connectivity index (χ3v) is 13.2. The lowest BCUT2D eigenvalue weighted by Gasteiger charge is -2.43. The van der Waals surface area contributed by atoms with Crippen molar-refractivity contribution in [3.8, 4) is 5.75 Å². The number of hydrogen-bond donors (Lipinski definition) is 2. The first kappa shape index (κ1) is 31.1. The van der Waals surface area contributed by atoms with Gasteiger partial charge in [0, 0.05) is 39.4 Å². The normalized spacial score (nSPS) is 26.6. The second-order valence-electron chi connectivity index (χ2n) is 12.2. The van der Waals surface area contributed by atoms with Gasteiger partial charge in [0.1, 0.15) is 5.75 Å². The molecule has 0 spiro atoms. The molecule has 7 atom stereocenters. The number of anilines is 2. The summed E-state index contributed by atoms with van der Waals surface area (Å²) in [6.07, 6.45) is 0.688. The maximum atomic E-state index is 14.0. The molecule has 2 bridgehead atoms.